The fourth-order valence-electron chi connectivity index (χ4n) is 2.75. The summed E-state index contributed by atoms with van der Waals surface area (Å²) in [5.41, 5.74) is 4.48. The summed E-state index contributed by atoms with van der Waals surface area (Å²) in [6, 6.07) is 3.06. The number of hydrogen-bond acceptors (Lipinski definition) is 3. The van der Waals surface area contributed by atoms with Gasteiger partial charge in [0.15, 0.2) is 0 Å². The highest BCUT2D eigenvalue weighted by Crippen LogP contribution is 2.24. The summed E-state index contributed by atoms with van der Waals surface area (Å²) in [6.45, 7) is 0. The van der Waals surface area contributed by atoms with Gasteiger partial charge in [-0.1, -0.05) is 0 Å². The van der Waals surface area contributed by atoms with E-state index in [0.29, 0.717) is 5.69 Å². The molecule has 0 amide bonds. The summed E-state index contributed by atoms with van der Waals surface area (Å²) in [7, 11) is 1.94. The van der Waals surface area contributed by atoms with E-state index in [-0.39, 0.29) is 5.56 Å². The monoisotopic (exact) mass is 283 g/mol. The molecule has 1 N–H and O–H groups in total. The van der Waals surface area contributed by atoms with Crippen LogP contribution in [0.2, 0.25) is 0 Å². The number of aromatic carboxylic acids is 1. The Morgan fingerprint density at radius 3 is 2.95 bits per heavy atom. The molecule has 0 saturated carbocycles. The molecule has 0 aromatic carbocycles. The number of nitrogens with zero attached hydrogens (tertiary/aromatic N) is 3. The first kappa shape index (κ1) is 13.5. The molecule has 1 aliphatic carbocycles. The van der Waals surface area contributed by atoms with Gasteiger partial charge < -0.3 is 5.11 Å². The van der Waals surface area contributed by atoms with E-state index in [1.54, 1.807) is 6.07 Å². The fraction of sp³-hybridized carbons (Fsp3) is 0.312. The van der Waals surface area contributed by atoms with E-state index in [4.69, 9.17) is 5.11 Å². The molecule has 0 bridgehead atoms. The Balaban J connectivity index is 1.91. The van der Waals surface area contributed by atoms with Crippen LogP contribution in [0.25, 0.3) is 12.2 Å². The van der Waals surface area contributed by atoms with Crippen molar-refractivity contribution in [2.24, 2.45) is 7.05 Å². The van der Waals surface area contributed by atoms with E-state index >= 15 is 0 Å². The molecule has 0 spiro atoms. The highest BCUT2D eigenvalue weighted by molar-refractivity contribution is 5.88. The first-order chi connectivity index (χ1) is 10.1. The number of pyridine rings is 1. The lowest BCUT2D eigenvalue weighted by molar-refractivity contribution is 0.0696. The van der Waals surface area contributed by atoms with Crippen molar-refractivity contribution in [2.45, 2.75) is 25.7 Å². The van der Waals surface area contributed by atoms with Crippen molar-refractivity contribution in [1.82, 2.24) is 14.8 Å². The lowest BCUT2D eigenvalue weighted by Crippen LogP contribution is -2.01. The van der Waals surface area contributed by atoms with Crippen LogP contribution in [0.3, 0.4) is 0 Å². The minimum atomic E-state index is -0.940. The molecule has 5 nitrogen and oxygen atoms in total. The lowest BCUT2D eigenvalue weighted by atomic mass is 9.96. The first-order valence-electron chi connectivity index (χ1n) is 7.07. The van der Waals surface area contributed by atoms with Gasteiger partial charge in [-0.2, -0.15) is 5.10 Å². The number of fused-ring (bicyclic) bond motifs is 1. The zero-order chi connectivity index (χ0) is 14.8. The van der Waals surface area contributed by atoms with Crippen LogP contribution in [0.1, 0.15) is 45.8 Å². The minimum Gasteiger partial charge on any atom is -0.478 e. The van der Waals surface area contributed by atoms with Gasteiger partial charge in [-0.05, 0) is 50.0 Å². The molecule has 0 aliphatic heterocycles. The molecular weight excluding hydrogens is 266 g/mol. The molecule has 0 saturated heterocycles. The largest absolute Gasteiger partial charge is 0.478 e. The Morgan fingerprint density at radius 2 is 2.14 bits per heavy atom. The molecular formula is C16H17N3O2. The molecule has 1 aliphatic rings. The Labute approximate surface area is 122 Å². The smallest absolute Gasteiger partial charge is 0.335 e. The van der Waals surface area contributed by atoms with E-state index in [1.807, 2.05) is 23.9 Å². The summed E-state index contributed by atoms with van der Waals surface area (Å²) in [6.07, 6.45) is 9.85. The highest BCUT2D eigenvalue weighted by Gasteiger charge is 2.17. The van der Waals surface area contributed by atoms with E-state index in [2.05, 4.69) is 10.1 Å². The minimum absolute atomic E-state index is 0.247. The van der Waals surface area contributed by atoms with Crippen molar-refractivity contribution in [3.63, 3.8) is 0 Å². The number of carboxylic acid groups (broad SMARTS) is 1. The molecule has 5 heteroatoms. The van der Waals surface area contributed by atoms with Gasteiger partial charge in [-0.3, -0.25) is 9.67 Å². The second-order valence-electron chi connectivity index (χ2n) is 5.25. The summed E-state index contributed by atoms with van der Waals surface area (Å²) >= 11 is 0. The van der Waals surface area contributed by atoms with Crippen molar-refractivity contribution >= 4 is 18.1 Å². The van der Waals surface area contributed by atoms with Crippen LogP contribution < -0.4 is 0 Å². The molecule has 3 rings (SSSR count). The molecule has 21 heavy (non-hydrogen) atoms. The maximum atomic E-state index is 11.0. The van der Waals surface area contributed by atoms with E-state index in [1.165, 1.54) is 36.4 Å². The second kappa shape index (κ2) is 5.52. The number of carbonyl (C=O) groups is 1. The molecule has 0 radical (unpaired) electrons. The number of rotatable bonds is 3. The molecule has 2 aromatic heterocycles. The van der Waals surface area contributed by atoms with E-state index < -0.39 is 5.97 Å². The Morgan fingerprint density at radius 1 is 1.33 bits per heavy atom. The van der Waals surface area contributed by atoms with Crippen LogP contribution >= 0.6 is 0 Å². The Bertz CT molecular complexity index is 716. The van der Waals surface area contributed by atoms with Gasteiger partial charge in [0.2, 0.25) is 0 Å². The zero-order valence-electron chi connectivity index (χ0n) is 11.9. The van der Waals surface area contributed by atoms with Crippen molar-refractivity contribution in [3.8, 4) is 0 Å². The van der Waals surface area contributed by atoms with Crippen LogP contribution in [0, 0.1) is 0 Å². The van der Waals surface area contributed by atoms with Crippen LogP contribution in [-0.4, -0.2) is 25.8 Å². The predicted molar refractivity (Wildman–Crippen MR) is 80.0 cm³/mol. The number of aromatic nitrogens is 3. The standard InChI is InChI=1S/C16H17N3O2/c1-19-15(13-4-2-3-5-14(13)18-19)7-6-12-10-11(16(20)21)8-9-17-12/h6-10H,2-5H2,1H3,(H,20,21)/b7-6+. The van der Waals surface area contributed by atoms with Gasteiger partial charge in [0.1, 0.15) is 0 Å². The molecule has 0 unspecified atom stereocenters. The summed E-state index contributed by atoms with van der Waals surface area (Å²) in [4.78, 5) is 15.1. The van der Waals surface area contributed by atoms with Crippen molar-refractivity contribution in [3.05, 3.63) is 46.5 Å². The fourth-order valence-corrected chi connectivity index (χ4v) is 2.75. The van der Waals surface area contributed by atoms with Gasteiger partial charge in [0.25, 0.3) is 0 Å². The summed E-state index contributed by atoms with van der Waals surface area (Å²) in [5.74, 6) is -0.940. The van der Waals surface area contributed by atoms with Gasteiger partial charge in [-0.25, -0.2) is 4.79 Å². The maximum Gasteiger partial charge on any atom is 0.335 e. The van der Waals surface area contributed by atoms with Gasteiger partial charge in [-0.15, -0.1) is 0 Å². The Kier molecular flexibility index (Phi) is 3.56. The van der Waals surface area contributed by atoms with E-state index in [0.717, 1.165) is 18.5 Å². The number of hydrogen-bond donors (Lipinski definition) is 1. The van der Waals surface area contributed by atoms with E-state index in [9.17, 15) is 4.79 Å². The third-order valence-electron chi connectivity index (χ3n) is 3.81. The SMILES string of the molecule is Cn1nc2c(c1/C=C/c1cc(C(=O)O)ccn1)CCCC2. The Hall–Kier alpha value is -2.43. The number of aryl methyl sites for hydroxylation is 2. The molecule has 0 fully saturated rings. The summed E-state index contributed by atoms with van der Waals surface area (Å²) in [5, 5.41) is 13.6. The van der Waals surface area contributed by atoms with Gasteiger partial charge in [0.05, 0.1) is 22.6 Å². The molecule has 2 aromatic rings. The van der Waals surface area contributed by atoms with Crippen LogP contribution in [-0.2, 0) is 19.9 Å². The number of carboxylic acids is 1. The maximum absolute atomic E-state index is 11.0. The topological polar surface area (TPSA) is 68.0 Å². The molecule has 108 valence electrons. The first-order valence-corrected chi connectivity index (χ1v) is 7.07. The second-order valence-corrected chi connectivity index (χ2v) is 5.25. The normalized spacial score (nSPS) is 14.3. The average Bonchev–Trinajstić information content (AvgIpc) is 2.81. The van der Waals surface area contributed by atoms with Crippen molar-refractivity contribution < 1.29 is 9.90 Å². The van der Waals surface area contributed by atoms with Gasteiger partial charge in [0, 0.05) is 18.8 Å². The van der Waals surface area contributed by atoms with Crippen molar-refractivity contribution in [1.29, 1.82) is 0 Å². The predicted octanol–water partition coefficient (Wildman–Crippen LogP) is 2.56. The van der Waals surface area contributed by atoms with Gasteiger partial charge >= 0.3 is 5.97 Å². The zero-order valence-corrected chi connectivity index (χ0v) is 11.9. The van der Waals surface area contributed by atoms with Crippen LogP contribution in [0.15, 0.2) is 18.3 Å². The third-order valence-corrected chi connectivity index (χ3v) is 3.81. The van der Waals surface area contributed by atoms with Crippen LogP contribution in [0.4, 0.5) is 0 Å². The lowest BCUT2D eigenvalue weighted by Gasteiger charge is -2.09. The average molecular weight is 283 g/mol. The summed E-state index contributed by atoms with van der Waals surface area (Å²) < 4.78 is 1.90. The molecule has 0 atom stereocenters. The third kappa shape index (κ3) is 2.72. The molecule has 2 heterocycles. The highest BCUT2D eigenvalue weighted by atomic mass is 16.4. The van der Waals surface area contributed by atoms with Crippen LogP contribution in [0.5, 0.6) is 0 Å². The quantitative estimate of drug-likeness (QED) is 0.940. The van der Waals surface area contributed by atoms with Crippen molar-refractivity contribution in [2.75, 3.05) is 0 Å².